The fourth-order valence-electron chi connectivity index (χ4n) is 3.93. The second-order valence-corrected chi connectivity index (χ2v) is 10.8. The van der Waals surface area contributed by atoms with E-state index in [4.69, 9.17) is 21.1 Å². The topological polar surface area (TPSA) is 95.3 Å². The van der Waals surface area contributed by atoms with E-state index in [1.54, 1.807) is 13.0 Å². The van der Waals surface area contributed by atoms with Gasteiger partial charge in [-0.05, 0) is 51.0 Å². The number of hydrogen-bond acceptors (Lipinski definition) is 8. The number of carbonyl (C=O) groups is 2. The molecule has 0 radical (unpaired) electrons. The summed E-state index contributed by atoms with van der Waals surface area (Å²) in [7, 11) is 0. The van der Waals surface area contributed by atoms with Crippen LogP contribution in [0.4, 0.5) is 5.00 Å². The van der Waals surface area contributed by atoms with E-state index in [0.717, 1.165) is 16.7 Å². The molecule has 1 unspecified atom stereocenters. The third-order valence-corrected chi connectivity index (χ3v) is 7.93. The molecule has 1 amide bonds. The molecule has 0 aliphatic heterocycles. The first-order chi connectivity index (χ1) is 18.8. The van der Waals surface area contributed by atoms with E-state index in [0.29, 0.717) is 38.9 Å². The Bertz CT molecular complexity index is 1460. The van der Waals surface area contributed by atoms with Gasteiger partial charge in [0.05, 0.1) is 17.4 Å². The SMILES string of the molecule is CCOC(=O)c1c(-c2ccccc2)csc1NC(=O)CSc1nnc(C(C)Oc2cc(C)ccc2Cl)n1CC. The van der Waals surface area contributed by atoms with E-state index < -0.39 is 12.1 Å². The van der Waals surface area contributed by atoms with Crippen molar-refractivity contribution in [3.63, 3.8) is 0 Å². The number of rotatable bonds is 11. The summed E-state index contributed by atoms with van der Waals surface area (Å²) in [5.41, 5.74) is 2.98. The number of nitrogens with zero attached hydrogens (tertiary/aromatic N) is 3. The maximum absolute atomic E-state index is 12.9. The maximum atomic E-state index is 12.9. The van der Waals surface area contributed by atoms with Crippen molar-refractivity contribution >= 4 is 51.6 Å². The van der Waals surface area contributed by atoms with Gasteiger partial charge in [0.25, 0.3) is 0 Å². The Hall–Kier alpha value is -3.34. The van der Waals surface area contributed by atoms with Gasteiger partial charge in [-0.2, -0.15) is 0 Å². The summed E-state index contributed by atoms with van der Waals surface area (Å²) in [6, 6.07) is 15.1. The third kappa shape index (κ3) is 6.81. The molecular formula is C28H29ClN4O4S2. The van der Waals surface area contributed by atoms with Crippen LogP contribution in [0, 0.1) is 6.92 Å². The minimum Gasteiger partial charge on any atom is -0.481 e. The van der Waals surface area contributed by atoms with E-state index in [1.165, 1.54) is 23.1 Å². The monoisotopic (exact) mass is 584 g/mol. The van der Waals surface area contributed by atoms with Gasteiger partial charge >= 0.3 is 5.97 Å². The van der Waals surface area contributed by atoms with Crippen LogP contribution in [0.15, 0.2) is 59.1 Å². The highest BCUT2D eigenvalue weighted by molar-refractivity contribution is 7.99. The highest BCUT2D eigenvalue weighted by Crippen LogP contribution is 2.36. The van der Waals surface area contributed by atoms with E-state index in [9.17, 15) is 9.59 Å². The molecule has 0 aliphatic rings. The van der Waals surface area contributed by atoms with Gasteiger partial charge in [-0.15, -0.1) is 21.5 Å². The lowest BCUT2D eigenvalue weighted by Gasteiger charge is -2.16. The third-order valence-electron chi connectivity index (χ3n) is 5.76. The van der Waals surface area contributed by atoms with Crippen LogP contribution in [0.3, 0.4) is 0 Å². The molecule has 4 aromatic rings. The Morgan fingerprint density at radius 1 is 1.15 bits per heavy atom. The Labute approximate surface area is 240 Å². The largest absolute Gasteiger partial charge is 0.481 e. The number of amides is 1. The number of carbonyl (C=O) groups excluding carboxylic acids is 2. The molecule has 2 aromatic heterocycles. The van der Waals surface area contributed by atoms with Crippen molar-refractivity contribution in [2.45, 2.75) is 45.5 Å². The lowest BCUT2D eigenvalue weighted by molar-refractivity contribution is -0.113. The first-order valence-corrected chi connectivity index (χ1v) is 14.7. The van der Waals surface area contributed by atoms with Gasteiger partial charge in [-0.3, -0.25) is 4.79 Å². The first-order valence-electron chi connectivity index (χ1n) is 12.4. The fraction of sp³-hybridized carbons (Fsp3) is 0.286. The summed E-state index contributed by atoms with van der Waals surface area (Å²) in [5.74, 6) is 0.548. The first kappa shape index (κ1) is 28.7. The number of hydrogen-bond donors (Lipinski definition) is 1. The summed E-state index contributed by atoms with van der Waals surface area (Å²) in [6.45, 7) is 8.41. The van der Waals surface area contributed by atoms with E-state index in [-0.39, 0.29) is 18.3 Å². The standard InChI is InChI=1S/C28H29ClN4O4S2/c1-5-33-25(18(4)37-22-14-17(3)12-13-21(22)29)31-32-28(33)39-16-23(34)30-26-24(27(35)36-6-2)20(15-38-26)19-10-8-7-9-11-19/h7-15,18H,5-6,16H2,1-4H3,(H,30,34). The number of anilines is 1. The molecule has 1 atom stereocenters. The zero-order valence-corrected chi connectivity index (χ0v) is 24.5. The van der Waals surface area contributed by atoms with Crippen LogP contribution >= 0.6 is 34.7 Å². The van der Waals surface area contributed by atoms with Crippen molar-refractivity contribution in [3.05, 3.63) is 75.9 Å². The average Bonchev–Trinajstić information content (AvgIpc) is 3.54. The van der Waals surface area contributed by atoms with Gasteiger partial charge in [0.1, 0.15) is 16.3 Å². The van der Waals surface area contributed by atoms with Gasteiger partial charge in [0.2, 0.25) is 5.91 Å². The van der Waals surface area contributed by atoms with Crippen molar-refractivity contribution in [1.29, 1.82) is 0 Å². The summed E-state index contributed by atoms with van der Waals surface area (Å²) >= 11 is 8.85. The number of halogens is 1. The van der Waals surface area contributed by atoms with Crippen LogP contribution in [0.5, 0.6) is 5.75 Å². The van der Waals surface area contributed by atoms with Crippen molar-refractivity contribution in [2.75, 3.05) is 17.7 Å². The van der Waals surface area contributed by atoms with Crippen LogP contribution in [0.25, 0.3) is 11.1 Å². The van der Waals surface area contributed by atoms with E-state index in [2.05, 4.69) is 15.5 Å². The van der Waals surface area contributed by atoms with Gasteiger partial charge in [-0.1, -0.05) is 59.8 Å². The number of aromatic nitrogens is 3. The highest BCUT2D eigenvalue weighted by atomic mass is 35.5. The Kier molecular flexibility index (Phi) is 9.66. The van der Waals surface area contributed by atoms with Gasteiger partial charge in [0, 0.05) is 17.5 Å². The van der Waals surface area contributed by atoms with Gasteiger partial charge in [0.15, 0.2) is 17.1 Å². The normalized spacial score (nSPS) is 11.7. The molecule has 0 fully saturated rings. The molecule has 0 aliphatic carbocycles. The predicted molar refractivity (Wildman–Crippen MR) is 156 cm³/mol. The Balaban J connectivity index is 1.46. The molecule has 204 valence electrons. The molecule has 8 nitrogen and oxygen atoms in total. The zero-order chi connectivity index (χ0) is 27.9. The lowest BCUT2D eigenvalue weighted by Crippen LogP contribution is -2.17. The fourth-order valence-corrected chi connectivity index (χ4v) is 5.87. The van der Waals surface area contributed by atoms with Crippen LogP contribution in [0.2, 0.25) is 5.02 Å². The van der Waals surface area contributed by atoms with Crippen molar-refractivity contribution in [1.82, 2.24) is 14.8 Å². The molecule has 2 heterocycles. The molecule has 0 spiro atoms. The summed E-state index contributed by atoms with van der Waals surface area (Å²) in [4.78, 5) is 25.7. The minimum absolute atomic E-state index is 0.0813. The zero-order valence-electron chi connectivity index (χ0n) is 22.1. The molecule has 0 saturated heterocycles. The summed E-state index contributed by atoms with van der Waals surface area (Å²) in [5, 5.41) is 14.9. The van der Waals surface area contributed by atoms with Gasteiger partial charge in [-0.25, -0.2) is 4.79 Å². The van der Waals surface area contributed by atoms with Crippen molar-refractivity contribution in [2.24, 2.45) is 0 Å². The van der Waals surface area contributed by atoms with Crippen LogP contribution in [-0.2, 0) is 16.1 Å². The second-order valence-electron chi connectivity index (χ2n) is 8.56. The second kappa shape index (κ2) is 13.1. The molecule has 39 heavy (non-hydrogen) atoms. The van der Waals surface area contributed by atoms with E-state index >= 15 is 0 Å². The number of nitrogens with one attached hydrogen (secondary N) is 1. The van der Waals surface area contributed by atoms with E-state index in [1.807, 2.05) is 73.2 Å². The molecule has 0 bridgehead atoms. The summed E-state index contributed by atoms with van der Waals surface area (Å²) < 4.78 is 13.3. The minimum atomic E-state index is -0.473. The van der Waals surface area contributed by atoms with Crippen LogP contribution < -0.4 is 10.1 Å². The quantitative estimate of drug-likeness (QED) is 0.149. The summed E-state index contributed by atoms with van der Waals surface area (Å²) in [6.07, 6.45) is -0.408. The van der Waals surface area contributed by atoms with Crippen molar-refractivity contribution < 1.29 is 19.1 Å². The predicted octanol–water partition coefficient (Wildman–Crippen LogP) is 7.04. The molecular weight excluding hydrogens is 556 g/mol. The molecule has 1 N–H and O–H groups in total. The van der Waals surface area contributed by atoms with Crippen LogP contribution in [-0.4, -0.2) is 39.0 Å². The molecule has 0 saturated carbocycles. The Morgan fingerprint density at radius 3 is 2.64 bits per heavy atom. The van der Waals surface area contributed by atoms with Crippen LogP contribution in [0.1, 0.15) is 48.6 Å². The highest BCUT2D eigenvalue weighted by Gasteiger charge is 2.24. The number of aryl methyl sites for hydroxylation is 1. The van der Waals surface area contributed by atoms with Gasteiger partial charge < -0.3 is 19.4 Å². The lowest BCUT2D eigenvalue weighted by atomic mass is 10.0. The molecule has 2 aromatic carbocycles. The van der Waals surface area contributed by atoms with Crippen molar-refractivity contribution in [3.8, 4) is 16.9 Å². The number of benzene rings is 2. The number of thiophene rings is 1. The maximum Gasteiger partial charge on any atom is 0.341 e. The molecule has 11 heteroatoms. The number of esters is 1. The molecule has 4 rings (SSSR count). The number of thioether (sulfide) groups is 1. The average molecular weight is 585 g/mol. The number of ether oxygens (including phenoxy) is 2. The Morgan fingerprint density at radius 2 is 1.92 bits per heavy atom. The smallest absolute Gasteiger partial charge is 0.341 e.